The van der Waals surface area contributed by atoms with Gasteiger partial charge in [0.2, 0.25) is 0 Å². The minimum absolute atomic E-state index is 0.00459. The van der Waals surface area contributed by atoms with Crippen molar-refractivity contribution in [1.82, 2.24) is 9.97 Å². The molecule has 0 unspecified atom stereocenters. The average Bonchev–Trinajstić information content (AvgIpc) is 2.52. The molecule has 1 aromatic carbocycles. The highest BCUT2D eigenvalue weighted by atomic mass is 32.2. The van der Waals surface area contributed by atoms with Crippen LogP contribution in [0.5, 0.6) is 5.75 Å². The van der Waals surface area contributed by atoms with Gasteiger partial charge in [0.05, 0.1) is 11.2 Å². The number of rotatable bonds is 3. The van der Waals surface area contributed by atoms with Crippen LogP contribution in [0.2, 0.25) is 0 Å². The summed E-state index contributed by atoms with van der Waals surface area (Å²) in [5.74, 6) is 0.140. The fourth-order valence-corrected chi connectivity index (χ4v) is 3.26. The van der Waals surface area contributed by atoms with Crippen LogP contribution in [0.3, 0.4) is 0 Å². The molecule has 0 fully saturated rings. The number of sulfone groups is 1. The Hall–Kier alpha value is -2.67. The van der Waals surface area contributed by atoms with Crippen molar-refractivity contribution in [2.75, 3.05) is 18.6 Å². The van der Waals surface area contributed by atoms with E-state index in [0.717, 1.165) is 28.3 Å². The van der Waals surface area contributed by atoms with E-state index in [4.69, 9.17) is 0 Å². The summed E-state index contributed by atoms with van der Waals surface area (Å²) in [5, 5.41) is 13.4. The van der Waals surface area contributed by atoms with Gasteiger partial charge >= 0.3 is 0 Å². The number of benzene rings is 1. The molecule has 0 bridgehead atoms. The lowest BCUT2D eigenvalue weighted by atomic mass is 10.0. The third-order valence-corrected chi connectivity index (χ3v) is 4.54. The van der Waals surface area contributed by atoms with E-state index in [9.17, 15) is 13.5 Å². The first-order valence-corrected chi connectivity index (χ1v) is 8.75. The number of aromatic nitrogens is 2. The van der Waals surface area contributed by atoms with Gasteiger partial charge in [-0.2, -0.15) is 0 Å². The smallest absolute Gasteiger partial charge is 0.194 e. The Bertz CT molecular complexity index is 1000. The van der Waals surface area contributed by atoms with Crippen molar-refractivity contribution in [2.45, 2.75) is 5.03 Å². The molecule has 0 spiro atoms. The number of aromatic hydroxyl groups is 1. The van der Waals surface area contributed by atoms with Crippen molar-refractivity contribution in [3.05, 3.63) is 42.7 Å². The van der Waals surface area contributed by atoms with Gasteiger partial charge in [0.25, 0.3) is 0 Å². The fourth-order valence-electron chi connectivity index (χ4n) is 2.46. The van der Waals surface area contributed by atoms with E-state index >= 15 is 0 Å². The zero-order valence-electron chi connectivity index (χ0n) is 12.6. The molecule has 3 rings (SSSR count). The molecule has 2 heterocycles. The largest absolute Gasteiger partial charge is 0.508 e. The molecule has 0 saturated carbocycles. The zero-order chi connectivity index (χ0) is 16.6. The van der Waals surface area contributed by atoms with Crippen LogP contribution in [0.1, 0.15) is 0 Å². The van der Waals surface area contributed by atoms with Crippen molar-refractivity contribution in [3.8, 4) is 16.9 Å². The van der Waals surface area contributed by atoms with E-state index in [0.29, 0.717) is 5.69 Å². The van der Waals surface area contributed by atoms with Gasteiger partial charge in [-0.3, -0.25) is 4.98 Å². The molecule has 0 aliphatic carbocycles. The average molecular weight is 329 g/mol. The number of hydrogen-bond donors (Lipinski definition) is 2. The van der Waals surface area contributed by atoms with Crippen molar-refractivity contribution in [3.63, 3.8) is 0 Å². The predicted molar refractivity (Wildman–Crippen MR) is 89.3 cm³/mol. The number of nitrogens with one attached hydrogen (secondary N) is 1. The van der Waals surface area contributed by atoms with Crippen molar-refractivity contribution < 1.29 is 13.5 Å². The molecule has 2 N–H and O–H groups in total. The summed E-state index contributed by atoms with van der Waals surface area (Å²) in [7, 11) is -1.77. The SMILES string of the molecule is CNc1cc(-c2ccnc3ccc(O)cc23)cnc1S(C)(=O)=O. The number of pyridine rings is 2. The second-order valence-corrected chi connectivity index (χ2v) is 7.09. The van der Waals surface area contributed by atoms with Gasteiger partial charge < -0.3 is 10.4 Å². The van der Waals surface area contributed by atoms with Gasteiger partial charge in [-0.05, 0) is 35.9 Å². The van der Waals surface area contributed by atoms with Gasteiger partial charge in [0, 0.05) is 36.6 Å². The van der Waals surface area contributed by atoms with Crippen LogP contribution in [-0.2, 0) is 9.84 Å². The second-order valence-electron chi connectivity index (χ2n) is 5.16. The standard InChI is InChI=1S/C16H15N3O3S/c1-17-15-7-10(9-19-16(15)23(2,21)22)12-5-6-18-14-4-3-11(20)8-13(12)14/h3-9,17,20H,1-2H3. The van der Waals surface area contributed by atoms with Gasteiger partial charge in [-0.25, -0.2) is 13.4 Å². The third-order valence-electron chi connectivity index (χ3n) is 3.51. The van der Waals surface area contributed by atoms with Crippen LogP contribution in [0.15, 0.2) is 47.8 Å². The maximum atomic E-state index is 11.8. The van der Waals surface area contributed by atoms with Gasteiger partial charge in [0.1, 0.15) is 5.75 Å². The molecule has 0 radical (unpaired) electrons. The highest BCUT2D eigenvalue weighted by Crippen LogP contribution is 2.32. The minimum Gasteiger partial charge on any atom is -0.508 e. The molecule has 7 heteroatoms. The normalized spacial score (nSPS) is 11.6. The van der Waals surface area contributed by atoms with Gasteiger partial charge in [-0.15, -0.1) is 0 Å². The summed E-state index contributed by atoms with van der Waals surface area (Å²) in [6, 6.07) is 8.45. The van der Waals surface area contributed by atoms with E-state index in [2.05, 4.69) is 15.3 Å². The number of hydrogen-bond acceptors (Lipinski definition) is 6. The quantitative estimate of drug-likeness (QED) is 0.767. The molecule has 0 amide bonds. The molecule has 0 saturated heterocycles. The summed E-state index contributed by atoms with van der Waals surface area (Å²) < 4.78 is 23.5. The Kier molecular flexibility index (Phi) is 3.65. The Balaban J connectivity index is 2.26. The van der Waals surface area contributed by atoms with E-state index in [1.807, 2.05) is 0 Å². The third kappa shape index (κ3) is 2.83. The van der Waals surface area contributed by atoms with Crippen LogP contribution in [0, 0.1) is 0 Å². The number of fused-ring (bicyclic) bond motifs is 1. The van der Waals surface area contributed by atoms with Crippen LogP contribution < -0.4 is 5.32 Å². The van der Waals surface area contributed by atoms with Crippen molar-refractivity contribution >= 4 is 26.4 Å². The Labute approximate surface area is 133 Å². The fraction of sp³-hybridized carbons (Fsp3) is 0.125. The highest BCUT2D eigenvalue weighted by molar-refractivity contribution is 7.90. The second kappa shape index (κ2) is 5.51. The first kappa shape index (κ1) is 15.2. The zero-order valence-corrected chi connectivity index (χ0v) is 13.4. The minimum atomic E-state index is -3.42. The molecular weight excluding hydrogens is 314 g/mol. The summed E-state index contributed by atoms with van der Waals surface area (Å²) in [6.45, 7) is 0. The lowest BCUT2D eigenvalue weighted by Crippen LogP contribution is -2.05. The topological polar surface area (TPSA) is 92.2 Å². The predicted octanol–water partition coefficient (Wildman–Crippen LogP) is 2.45. The molecule has 2 aromatic heterocycles. The van der Waals surface area contributed by atoms with E-state index in [-0.39, 0.29) is 10.8 Å². The van der Waals surface area contributed by atoms with Crippen LogP contribution >= 0.6 is 0 Å². The Morgan fingerprint density at radius 2 is 1.91 bits per heavy atom. The number of anilines is 1. The lowest BCUT2D eigenvalue weighted by molar-refractivity contribution is 0.476. The maximum absolute atomic E-state index is 11.8. The summed E-state index contributed by atoms with van der Waals surface area (Å²) >= 11 is 0. The first-order chi connectivity index (χ1) is 10.9. The first-order valence-electron chi connectivity index (χ1n) is 6.86. The van der Waals surface area contributed by atoms with E-state index in [1.165, 1.54) is 6.20 Å². The summed E-state index contributed by atoms with van der Waals surface area (Å²) in [5.41, 5.74) is 2.71. The molecule has 118 valence electrons. The number of phenols is 1. The van der Waals surface area contributed by atoms with E-state index < -0.39 is 9.84 Å². The molecule has 23 heavy (non-hydrogen) atoms. The lowest BCUT2D eigenvalue weighted by Gasteiger charge is -2.11. The van der Waals surface area contributed by atoms with Crippen molar-refractivity contribution in [1.29, 1.82) is 0 Å². The Morgan fingerprint density at radius 1 is 1.13 bits per heavy atom. The number of phenolic OH excluding ortho intramolecular Hbond substituents is 1. The molecular formula is C16H15N3O3S. The van der Waals surface area contributed by atoms with Crippen molar-refractivity contribution in [2.24, 2.45) is 0 Å². The molecule has 6 nitrogen and oxygen atoms in total. The van der Waals surface area contributed by atoms with Gasteiger partial charge in [-0.1, -0.05) is 0 Å². The van der Waals surface area contributed by atoms with Crippen LogP contribution in [-0.4, -0.2) is 36.8 Å². The number of nitrogens with zero attached hydrogens (tertiary/aromatic N) is 2. The maximum Gasteiger partial charge on any atom is 0.194 e. The highest BCUT2D eigenvalue weighted by Gasteiger charge is 2.16. The molecule has 0 aliphatic rings. The summed E-state index contributed by atoms with van der Waals surface area (Å²) in [4.78, 5) is 8.36. The van der Waals surface area contributed by atoms with Crippen LogP contribution in [0.4, 0.5) is 5.69 Å². The monoisotopic (exact) mass is 329 g/mol. The van der Waals surface area contributed by atoms with Gasteiger partial charge in [0.15, 0.2) is 14.9 Å². The van der Waals surface area contributed by atoms with Crippen LogP contribution in [0.25, 0.3) is 22.0 Å². The Morgan fingerprint density at radius 3 is 2.61 bits per heavy atom. The molecule has 0 atom stereocenters. The van der Waals surface area contributed by atoms with E-state index in [1.54, 1.807) is 43.6 Å². The molecule has 0 aliphatic heterocycles. The summed E-state index contributed by atoms with van der Waals surface area (Å²) in [6.07, 6.45) is 4.30. The molecule has 3 aromatic rings.